The van der Waals surface area contributed by atoms with Gasteiger partial charge < -0.3 is 10.6 Å². The van der Waals surface area contributed by atoms with Crippen LogP contribution < -0.4 is 10.6 Å². The van der Waals surface area contributed by atoms with Crippen LogP contribution in [0.4, 0.5) is 10.5 Å². The van der Waals surface area contributed by atoms with Gasteiger partial charge in [-0.15, -0.1) is 11.6 Å². The van der Waals surface area contributed by atoms with Gasteiger partial charge in [0.2, 0.25) is 0 Å². The van der Waals surface area contributed by atoms with Crippen LogP contribution >= 0.6 is 11.6 Å². The average Bonchev–Trinajstić information content (AvgIpc) is 2.06. The topological polar surface area (TPSA) is 54.0 Å². The van der Waals surface area contributed by atoms with E-state index in [0.717, 1.165) is 0 Å². The van der Waals surface area contributed by atoms with Crippen molar-refractivity contribution in [2.45, 2.75) is 0 Å². The molecule has 0 aliphatic carbocycles. The number of nitrogens with zero attached hydrogens (tertiary/aromatic N) is 1. The van der Waals surface area contributed by atoms with E-state index in [-0.39, 0.29) is 12.0 Å². The first kappa shape index (κ1) is 8.80. The number of hydrogen-bond acceptors (Lipinski definition) is 2. The largest absolute Gasteiger partial charge is 0.324 e. The summed E-state index contributed by atoms with van der Waals surface area (Å²) < 4.78 is 0. The van der Waals surface area contributed by atoms with E-state index in [0.29, 0.717) is 5.69 Å². The average molecular weight is 186 g/mol. The lowest BCUT2D eigenvalue weighted by molar-refractivity contribution is 0.253. The third-order valence-electron chi connectivity index (χ3n) is 1.15. The fraction of sp³-hybridized carbons (Fsp3) is 0.143. The Labute approximate surface area is 74.9 Å². The van der Waals surface area contributed by atoms with Crippen molar-refractivity contribution in [3.05, 3.63) is 24.5 Å². The van der Waals surface area contributed by atoms with Gasteiger partial charge in [-0.1, -0.05) is 0 Å². The van der Waals surface area contributed by atoms with Crippen LogP contribution in [0.25, 0.3) is 0 Å². The fourth-order valence-electron chi connectivity index (χ4n) is 0.673. The Morgan fingerprint density at radius 2 is 2.50 bits per heavy atom. The van der Waals surface area contributed by atoms with E-state index in [4.69, 9.17) is 11.6 Å². The number of halogens is 1. The molecule has 0 fully saturated rings. The number of hydrogen-bond donors (Lipinski definition) is 2. The van der Waals surface area contributed by atoms with Crippen molar-refractivity contribution in [3.8, 4) is 0 Å². The fourth-order valence-corrected chi connectivity index (χ4v) is 0.794. The number of pyridine rings is 1. The normalized spacial score (nSPS) is 9.08. The van der Waals surface area contributed by atoms with E-state index >= 15 is 0 Å². The second-order valence-electron chi connectivity index (χ2n) is 2.01. The maximum Gasteiger partial charge on any atom is 0.320 e. The van der Waals surface area contributed by atoms with Gasteiger partial charge in [-0.2, -0.15) is 0 Å². The van der Waals surface area contributed by atoms with Crippen LogP contribution in [-0.4, -0.2) is 17.0 Å². The molecule has 4 nitrogen and oxygen atoms in total. The molecule has 0 bridgehead atoms. The number of aromatic nitrogens is 1. The number of nitrogens with one attached hydrogen (secondary N) is 2. The highest BCUT2D eigenvalue weighted by molar-refractivity contribution is 6.18. The predicted molar refractivity (Wildman–Crippen MR) is 47.1 cm³/mol. The molecule has 0 saturated carbocycles. The second kappa shape index (κ2) is 4.56. The number of rotatable bonds is 2. The van der Waals surface area contributed by atoms with Gasteiger partial charge in [-0.05, 0) is 12.1 Å². The summed E-state index contributed by atoms with van der Waals surface area (Å²) >= 11 is 5.28. The molecule has 0 radical (unpaired) electrons. The molecule has 0 saturated heterocycles. The van der Waals surface area contributed by atoms with Crippen molar-refractivity contribution < 1.29 is 4.79 Å². The standard InChI is InChI=1S/C7H8ClN3O/c8-5-10-7(12)11-6-2-1-3-9-4-6/h1-4H,5H2,(H2,10,11,12). The monoisotopic (exact) mass is 185 g/mol. The molecule has 2 N–H and O–H groups in total. The first-order valence-electron chi connectivity index (χ1n) is 3.34. The van der Waals surface area contributed by atoms with Crippen molar-refractivity contribution >= 4 is 23.3 Å². The minimum atomic E-state index is -0.335. The summed E-state index contributed by atoms with van der Waals surface area (Å²) in [4.78, 5) is 14.7. The zero-order valence-corrected chi connectivity index (χ0v) is 7.01. The molecule has 5 heteroatoms. The molecule has 0 spiro atoms. The van der Waals surface area contributed by atoms with Crippen LogP contribution in [0.2, 0.25) is 0 Å². The van der Waals surface area contributed by atoms with Crippen LogP contribution in [-0.2, 0) is 0 Å². The Morgan fingerprint density at radius 3 is 3.08 bits per heavy atom. The zero-order valence-electron chi connectivity index (χ0n) is 6.25. The van der Waals surface area contributed by atoms with Crippen LogP contribution in [0.3, 0.4) is 0 Å². The molecular weight excluding hydrogens is 178 g/mol. The number of alkyl halides is 1. The Bertz CT molecular complexity index is 252. The summed E-state index contributed by atoms with van der Waals surface area (Å²) in [7, 11) is 0. The highest BCUT2D eigenvalue weighted by Crippen LogP contribution is 2.01. The summed E-state index contributed by atoms with van der Waals surface area (Å²) in [6.45, 7) is 0. The maximum atomic E-state index is 10.9. The summed E-state index contributed by atoms with van der Waals surface area (Å²) in [5.41, 5.74) is 0.639. The minimum Gasteiger partial charge on any atom is -0.324 e. The highest BCUT2D eigenvalue weighted by atomic mass is 35.5. The maximum absolute atomic E-state index is 10.9. The van der Waals surface area contributed by atoms with Crippen LogP contribution in [0.15, 0.2) is 24.5 Å². The molecule has 2 amide bonds. The van der Waals surface area contributed by atoms with Gasteiger partial charge in [-0.25, -0.2) is 4.79 Å². The van der Waals surface area contributed by atoms with E-state index in [9.17, 15) is 4.79 Å². The molecule has 12 heavy (non-hydrogen) atoms. The van der Waals surface area contributed by atoms with Gasteiger partial charge in [0, 0.05) is 6.20 Å². The molecule has 0 aliphatic rings. The van der Waals surface area contributed by atoms with E-state index < -0.39 is 0 Å². The Hall–Kier alpha value is -1.29. The van der Waals surface area contributed by atoms with Gasteiger partial charge in [0.1, 0.15) is 0 Å². The molecule has 1 aromatic heterocycles. The van der Waals surface area contributed by atoms with E-state index in [1.165, 1.54) is 0 Å². The van der Waals surface area contributed by atoms with Gasteiger partial charge >= 0.3 is 6.03 Å². The number of carbonyl (C=O) groups is 1. The molecule has 64 valence electrons. The second-order valence-corrected chi connectivity index (χ2v) is 2.27. The molecule has 0 unspecified atom stereocenters. The Kier molecular flexibility index (Phi) is 3.35. The van der Waals surface area contributed by atoms with E-state index in [1.54, 1.807) is 24.5 Å². The SMILES string of the molecule is O=C(NCCl)Nc1cccnc1. The van der Waals surface area contributed by atoms with Gasteiger partial charge in [-0.3, -0.25) is 4.98 Å². The third-order valence-corrected chi connectivity index (χ3v) is 1.28. The first-order valence-corrected chi connectivity index (χ1v) is 3.87. The molecular formula is C7H8ClN3O. The number of carbonyl (C=O) groups excluding carboxylic acids is 1. The van der Waals surface area contributed by atoms with Crippen LogP contribution in [0, 0.1) is 0 Å². The third kappa shape index (κ3) is 2.75. The number of amides is 2. The summed E-state index contributed by atoms with van der Waals surface area (Å²) in [5.74, 6) is 0. The Balaban J connectivity index is 2.47. The lowest BCUT2D eigenvalue weighted by Crippen LogP contribution is -2.27. The van der Waals surface area contributed by atoms with Crippen LogP contribution in [0.5, 0.6) is 0 Å². The molecule has 0 atom stereocenters. The van der Waals surface area contributed by atoms with Crippen molar-refractivity contribution in [1.29, 1.82) is 0 Å². The number of anilines is 1. The quantitative estimate of drug-likeness (QED) is 0.541. The molecule has 1 aromatic rings. The van der Waals surface area contributed by atoms with E-state index in [2.05, 4.69) is 15.6 Å². The lowest BCUT2D eigenvalue weighted by atomic mass is 10.4. The first-order chi connectivity index (χ1) is 5.83. The zero-order chi connectivity index (χ0) is 8.81. The molecule has 1 rings (SSSR count). The van der Waals surface area contributed by atoms with Gasteiger partial charge in [0.25, 0.3) is 0 Å². The summed E-state index contributed by atoms with van der Waals surface area (Å²) in [5, 5.41) is 4.93. The summed E-state index contributed by atoms with van der Waals surface area (Å²) in [6.07, 6.45) is 3.18. The predicted octanol–water partition coefficient (Wildman–Crippen LogP) is 1.40. The molecule has 0 aliphatic heterocycles. The Morgan fingerprint density at radius 1 is 1.67 bits per heavy atom. The highest BCUT2D eigenvalue weighted by Gasteiger charge is 1.97. The molecule has 1 heterocycles. The van der Waals surface area contributed by atoms with E-state index in [1.807, 2.05) is 0 Å². The van der Waals surface area contributed by atoms with Crippen molar-refractivity contribution in [2.75, 3.05) is 11.3 Å². The van der Waals surface area contributed by atoms with Gasteiger partial charge in [0.15, 0.2) is 0 Å². The lowest BCUT2D eigenvalue weighted by Gasteiger charge is -2.03. The smallest absolute Gasteiger partial charge is 0.320 e. The summed E-state index contributed by atoms with van der Waals surface area (Å²) in [6, 6.07) is 3.22. The van der Waals surface area contributed by atoms with Gasteiger partial charge in [0.05, 0.1) is 17.9 Å². The van der Waals surface area contributed by atoms with Crippen molar-refractivity contribution in [3.63, 3.8) is 0 Å². The minimum absolute atomic E-state index is 0.0894. The van der Waals surface area contributed by atoms with Crippen molar-refractivity contribution in [1.82, 2.24) is 10.3 Å². The number of urea groups is 1. The van der Waals surface area contributed by atoms with Crippen LogP contribution in [0.1, 0.15) is 0 Å². The van der Waals surface area contributed by atoms with Crippen molar-refractivity contribution in [2.24, 2.45) is 0 Å². The molecule has 0 aromatic carbocycles.